The number of pyridine rings is 1. The molecule has 0 aliphatic heterocycles. The van der Waals surface area contributed by atoms with E-state index in [0.717, 1.165) is 5.56 Å². The molecule has 0 spiro atoms. The second-order valence-corrected chi connectivity index (χ2v) is 4.82. The van der Waals surface area contributed by atoms with E-state index < -0.39 is 0 Å². The second-order valence-electron chi connectivity index (χ2n) is 4.03. The molecule has 2 aromatic heterocycles. The lowest BCUT2D eigenvalue weighted by Crippen LogP contribution is -1.89. The molecule has 1 aromatic carbocycles. The van der Waals surface area contributed by atoms with Crippen molar-refractivity contribution in [1.82, 2.24) is 9.38 Å². The summed E-state index contributed by atoms with van der Waals surface area (Å²) in [6, 6.07) is 11.1. The zero-order valence-electron chi connectivity index (χ0n) is 10.1. The molecule has 5 heteroatoms. The highest BCUT2D eigenvalue weighted by molar-refractivity contribution is 6.32. The fraction of sp³-hybridized carbons (Fsp3) is 0.0714. The zero-order chi connectivity index (χ0) is 13.4. The molecule has 96 valence electrons. The van der Waals surface area contributed by atoms with Crippen LogP contribution in [0.3, 0.4) is 0 Å². The lowest BCUT2D eigenvalue weighted by atomic mass is 10.2. The number of rotatable bonds is 2. The Morgan fingerprint density at radius 3 is 2.53 bits per heavy atom. The Morgan fingerprint density at radius 1 is 1.11 bits per heavy atom. The van der Waals surface area contributed by atoms with Crippen LogP contribution in [0.15, 0.2) is 42.6 Å². The third kappa shape index (κ3) is 2.05. The molecular weight excluding hydrogens is 283 g/mol. The molecule has 3 rings (SSSR count). The summed E-state index contributed by atoms with van der Waals surface area (Å²) in [4.78, 5) is 4.55. The summed E-state index contributed by atoms with van der Waals surface area (Å²) < 4.78 is 7.08. The molecule has 0 bridgehead atoms. The number of fused-ring (bicyclic) bond motifs is 1. The van der Waals surface area contributed by atoms with Gasteiger partial charge in [0, 0.05) is 16.8 Å². The first kappa shape index (κ1) is 12.3. The van der Waals surface area contributed by atoms with Crippen LogP contribution < -0.4 is 4.74 Å². The van der Waals surface area contributed by atoms with E-state index in [9.17, 15) is 0 Å². The molecule has 0 aliphatic carbocycles. The molecular formula is C14H10Cl2N2O. The number of halogens is 2. The second kappa shape index (κ2) is 4.76. The molecule has 0 aliphatic rings. The van der Waals surface area contributed by atoms with Gasteiger partial charge in [0.2, 0.25) is 0 Å². The Hall–Kier alpha value is -1.71. The van der Waals surface area contributed by atoms with E-state index in [2.05, 4.69) is 4.98 Å². The summed E-state index contributed by atoms with van der Waals surface area (Å²) in [5.74, 6) is 0.685. The van der Waals surface area contributed by atoms with Gasteiger partial charge in [0.1, 0.15) is 10.8 Å². The highest BCUT2D eigenvalue weighted by Gasteiger charge is 2.14. The van der Waals surface area contributed by atoms with E-state index in [1.165, 1.54) is 0 Å². The van der Waals surface area contributed by atoms with Crippen LogP contribution >= 0.6 is 23.2 Å². The fourth-order valence-corrected chi connectivity index (χ4v) is 2.38. The van der Waals surface area contributed by atoms with E-state index in [1.54, 1.807) is 11.5 Å². The molecule has 0 radical (unpaired) electrons. The van der Waals surface area contributed by atoms with E-state index in [1.807, 2.05) is 42.6 Å². The van der Waals surface area contributed by atoms with Crippen LogP contribution in [0.5, 0.6) is 5.75 Å². The average molecular weight is 293 g/mol. The maximum atomic E-state index is 6.37. The first-order valence-electron chi connectivity index (χ1n) is 5.67. The number of hydrogen-bond acceptors (Lipinski definition) is 2. The Balaban J connectivity index is 2.25. The highest BCUT2D eigenvalue weighted by Crippen LogP contribution is 2.32. The lowest BCUT2D eigenvalue weighted by molar-refractivity contribution is 0.417. The topological polar surface area (TPSA) is 26.5 Å². The van der Waals surface area contributed by atoms with Crippen LogP contribution in [0.2, 0.25) is 10.2 Å². The molecule has 0 atom stereocenters. The summed E-state index contributed by atoms with van der Waals surface area (Å²) in [5, 5.41) is 1.23. The number of hydrogen-bond donors (Lipinski definition) is 0. The van der Waals surface area contributed by atoms with Crippen molar-refractivity contribution in [3.63, 3.8) is 0 Å². The summed E-state index contributed by atoms with van der Waals surface area (Å²) in [6.45, 7) is 0. The molecule has 3 aromatic rings. The van der Waals surface area contributed by atoms with Gasteiger partial charge in [-0.1, -0.05) is 35.3 Å². The van der Waals surface area contributed by atoms with Crippen LogP contribution in [-0.4, -0.2) is 16.5 Å². The Morgan fingerprint density at radius 2 is 1.84 bits per heavy atom. The van der Waals surface area contributed by atoms with Gasteiger partial charge in [-0.3, -0.25) is 4.40 Å². The molecule has 0 fully saturated rings. The van der Waals surface area contributed by atoms with Gasteiger partial charge in [0.25, 0.3) is 0 Å². The van der Waals surface area contributed by atoms with Crippen LogP contribution in [-0.2, 0) is 0 Å². The van der Waals surface area contributed by atoms with E-state index in [4.69, 9.17) is 27.9 Å². The van der Waals surface area contributed by atoms with Gasteiger partial charge in [0.15, 0.2) is 11.4 Å². The third-order valence-electron chi connectivity index (χ3n) is 2.89. The number of methoxy groups -OCH3 is 1. The summed E-state index contributed by atoms with van der Waals surface area (Å²) in [7, 11) is 1.61. The largest absolute Gasteiger partial charge is 0.493 e. The summed E-state index contributed by atoms with van der Waals surface area (Å²) >= 11 is 12.3. The molecule has 19 heavy (non-hydrogen) atoms. The van der Waals surface area contributed by atoms with E-state index in [-0.39, 0.29) is 0 Å². The first-order valence-corrected chi connectivity index (χ1v) is 6.43. The van der Waals surface area contributed by atoms with Crippen LogP contribution in [0.4, 0.5) is 0 Å². The first-order chi connectivity index (χ1) is 9.20. The van der Waals surface area contributed by atoms with Gasteiger partial charge in [-0.15, -0.1) is 0 Å². The monoisotopic (exact) mass is 292 g/mol. The number of aromatic nitrogens is 2. The van der Waals surface area contributed by atoms with Crippen LogP contribution in [0, 0.1) is 0 Å². The summed E-state index contributed by atoms with van der Waals surface area (Å²) in [6.07, 6.45) is 1.85. The average Bonchev–Trinajstić information content (AvgIpc) is 2.77. The number of benzene rings is 1. The molecule has 0 saturated heterocycles. The van der Waals surface area contributed by atoms with Crippen molar-refractivity contribution in [2.24, 2.45) is 0 Å². The predicted octanol–water partition coefficient (Wildman–Crippen LogP) is 4.32. The Kier molecular flexibility index (Phi) is 3.09. The number of nitrogens with zero attached hydrogens (tertiary/aromatic N) is 2. The fourth-order valence-electron chi connectivity index (χ4n) is 1.96. The van der Waals surface area contributed by atoms with Gasteiger partial charge in [-0.25, -0.2) is 4.98 Å². The smallest absolute Gasteiger partial charge is 0.181 e. The van der Waals surface area contributed by atoms with Crippen molar-refractivity contribution < 1.29 is 4.74 Å². The molecule has 3 nitrogen and oxygen atoms in total. The molecule has 0 unspecified atom stereocenters. The molecule has 0 N–H and O–H groups in total. The van der Waals surface area contributed by atoms with Crippen molar-refractivity contribution in [2.75, 3.05) is 7.11 Å². The standard InChI is InChI=1S/C14H10Cl2N2O/c1-19-11-3-2-8-18-13(16)12(17-14(11)18)9-4-6-10(15)7-5-9/h2-8H,1H3. The Labute approximate surface area is 120 Å². The minimum atomic E-state index is 0.552. The zero-order valence-corrected chi connectivity index (χ0v) is 11.6. The predicted molar refractivity (Wildman–Crippen MR) is 77.2 cm³/mol. The maximum absolute atomic E-state index is 6.37. The van der Waals surface area contributed by atoms with Crippen LogP contribution in [0.1, 0.15) is 0 Å². The van der Waals surface area contributed by atoms with Crippen molar-refractivity contribution in [3.8, 4) is 17.0 Å². The van der Waals surface area contributed by atoms with Gasteiger partial charge in [-0.05, 0) is 24.3 Å². The number of ether oxygens (including phenoxy) is 1. The van der Waals surface area contributed by atoms with Gasteiger partial charge in [0.05, 0.1) is 7.11 Å². The Bertz CT molecular complexity index is 735. The molecule has 2 heterocycles. The quantitative estimate of drug-likeness (QED) is 0.703. The number of imidazole rings is 1. The van der Waals surface area contributed by atoms with Gasteiger partial charge >= 0.3 is 0 Å². The van der Waals surface area contributed by atoms with Crippen LogP contribution in [0.25, 0.3) is 16.9 Å². The summed E-state index contributed by atoms with van der Waals surface area (Å²) in [5.41, 5.74) is 2.32. The van der Waals surface area contributed by atoms with E-state index in [0.29, 0.717) is 27.3 Å². The third-order valence-corrected chi connectivity index (χ3v) is 3.51. The molecule has 0 saturated carbocycles. The minimum absolute atomic E-state index is 0.552. The SMILES string of the molecule is COc1cccn2c(Cl)c(-c3ccc(Cl)cc3)nc12. The van der Waals surface area contributed by atoms with Crippen molar-refractivity contribution in [1.29, 1.82) is 0 Å². The highest BCUT2D eigenvalue weighted by atomic mass is 35.5. The van der Waals surface area contributed by atoms with Crippen molar-refractivity contribution in [3.05, 3.63) is 52.8 Å². The van der Waals surface area contributed by atoms with Gasteiger partial charge in [-0.2, -0.15) is 0 Å². The van der Waals surface area contributed by atoms with Crippen molar-refractivity contribution >= 4 is 28.8 Å². The molecule has 0 amide bonds. The minimum Gasteiger partial charge on any atom is -0.493 e. The van der Waals surface area contributed by atoms with Crippen molar-refractivity contribution in [2.45, 2.75) is 0 Å². The normalized spacial score (nSPS) is 10.9. The lowest BCUT2D eigenvalue weighted by Gasteiger charge is -2.00. The van der Waals surface area contributed by atoms with Gasteiger partial charge < -0.3 is 4.74 Å². The van der Waals surface area contributed by atoms with E-state index >= 15 is 0 Å². The maximum Gasteiger partial charge on any atom is 0.181 e.